The molecule has 7 heteroatoms. The highest BCUT2D eigenvalue weighted by Crippen LogP contribution is 2.47. The molecule has 0 radical (unpaired) electrons. The van der Waals surface area contributed by atoms with E-state index in [4.69, 9.17) is 4.74 Å². The van der Waals surface area contributed by atoms with Gasteiger partial charge in [0.25, 0.3) is 0 Å². The van der Waals surface area contributed by atoms with Crippen LogP contribution in [0.5, 0.6) is 0 Å². The Kier molecular flexibility index (Phi) is 3.39. The van der Waals surface area contributed by atoms with Gasteiger partial charge >= 0.3 is 5.72 Å². The number of piperidine rings is 1. The van der Waals surface area contributed by atoms with E-state index in [1.165, 1.54) is 12.1 Å². The number of benzene rings is 1. The molecule has 3 aliphatic rings. The van der Waals surface area contributed by atoms with E-state index in [1.807, 2.05) is 7.05 Å². The van der Waals surface area contributed by atoms with Crippen LogP contribution in [0.15, 0.2) is 18.2 Å². The number of halogens is 2. The van der Waals surface area contributed by atoms with Gasteiger partial charge in [0, 0.05) is 25.6 Å². The van der Waals surface area contributed by atoms with E-state index in [0.717, 1.165) is 24.0 Å². The monoisotopic (exact) mass is 324 g/mol. The van der Waals surface area contributed by atoms with Crippen LogP contribution in [0.1, 0.15) is 37.3 Å². The highest BCUT2D eigenvalue weighted by molar-refractivity contribution is 5.22. The lowest BCUT2D eigenvalue weighted by Crippen LogP contribution is -2.50. The summed E-state index contributed by atoms with van der Waals surface area (Å²) in [5, 5.41) is 1.64. The summed E-state index contributed by atoms with van der Waals surface area (Å²) in [6.07, 6.45) is 2.34. The summed E-state index contributed by atoms with van der Waals surface area (Å²) in [7, 11) is 2.02. The van der Waals surface area contributed by atoms with E-state index in [1.54, 1.807) is 5.01 Å². The number of hydrazine groups is 1. The first-order chi connectivity index (χ1) is 11.0. The zero-order valence-electron chi connectivity index (χ0n) is 13.0. The fraction of sp³-hybridized carbons (Fsp3) is 0.625. The fourth-order valence-corrected chi connectivity index (χ4v) is 3.99. The van der Waals surface area contributed by atoms with Gasteiger partial charge in [-0.1, -0.05) is 0 Å². The molecule has 4 rings (SSSR count). The van der Waals surface area contributed by atoms with Crippen molar-refractivity contribution in [1.82, 2.24) is 9.91 Å². The zero-order chi connectivity index (χ0) is 16.2. The minimum atomic E-state index is -0.818. The maximum Gasteiger partial charge on any atom is 0.350 e. The molecule has 3 saturated heterocycles. The van der Waals surface area contributed by atoms with Crippen molar-refractivity contribution >= 4 is 0 Å². The number of rotatable bonds is 1. The molecule has 3 aliphatic heterocycles. The number of hydrogen-bond donors (Lipinski definition) is 0. The number of hydrogen-bond acceptors (Lipinski definition) is 3. The van der Waals surface area contributed by atoms with Crippen LogP contribution < -0.4 is 0 Å². The SMILES string of the molecule is CN1CCC2(CC1)OC1CCC(c3cc(F)cc(F)c3)N1[N+]2=O. The highest BCUT2D eigenvalue weighted by atomic mass is 19.1. The molecule has 1 aromatic rings. The third-order valence-electron chi connectivity index (χ3n) is 5.25. The summed E-state index contributed by atoms with van der Waals surface area (Å²) < 4.78 is 33.2. The first-order valence-electron chi connectivity index (χ1n) is 8.06. The summed E-state index contributed by atoms with van der Waals surface area (Å²) in [6.45, 7) is 1.61. The maximum absolute atomic E-state index is 13.5. The molecule has 23 heavy (non-hydrogen) atoms. The molecule has 2 unspecified atom stereocenters. The number of nitroso groups, excluding NO2 is 1. The number of ether oxygens (including phenoxy) is 1. The van der Waals surface area contributed by atoms with Crippen molar-refractivity contribution in [3.05, 3.63) is 40.3 Å². The minimum absolute atomic E-state index is 0.299. The van der Waals surface area contributed by atoms with Crippen LogP contribution in [-0.2, 0) is 4.74 Å². The molecular weight excluding hydrogens is 304 g/mol. The van der Waals surface area contributed by atoms with E-state index in [0.29, 0.717) is 31.2 Å². The van der Waals surface area contributed by atoms with Gasteiger partial charge in [-0.25, -0.2) is 8.78 Å². The Morgan fingerprint density at radius 2 is 1.83 bits per heavy atom. The first kappa shape index (κ1) is 15.0. The van der Waals surface area contributed by atoms with Crippen LogP contribution in [-0.4, -0.2) is 46.9 Å². The maximum atomic E-state index is 13.5. The molecule has 1 spiro atoms. The van der Waals surface area contributed by atoms with Crippen molar-refractivity contribution in [2.75, 3.05) is 20.1 Å². The van der Waals surface area contributed by atoms with E-state index < -0.39 is 17.4 Å². The normalized spacial score (nSPS) is 30.2. The summed E-state index contributed by atoms with van der Waals surface area (Å²) in [5.41, 5.74) is -0.318. The summed E-state index contributed by atoms with van der Waals surface area (Å²) in [6, 6.07) is 3.14. The molecule has 1 aromatic carbocycles. The van der Waals surface area contributed by atoms with Gasteiger partial charge in [0.2, 0.25) is 0 Å². The van der Waals surface area contributed by atoms with Gasteiger partial charge in [0.05, 0.1) is 17.7 Å². The van der Waals surface area contributed by atoms with Gasteiger partial charge in [0.1, 0.15) is 17.7 Å². The molecule has 0 aliphatic carbocycles. The average molecular weight is 324 g/mol. The molecule has 2 atom stereocenters. The Morgan fingerprint density at radius 3 is 2.48 bits per heavy atom. The molecule has 0 amide bonds. The largest absolute Gasteiger partial charge is 0.350 e. The quantitative estimate of drug-likeness (QED) is 0.744. The molecule has 5 nitrogen and oxygen atoms in total. The van der Waals surface area contributed by atoms with Gasteiger partial charge < -0.3 is 4.90 Å². The van der Waals surface area contributed by atoms with Crippen LogP contribution >= 0.6 is 0 Å². The van der Waals surface area contributed by atoms with Crippen molar-refractivity contribution in [2.24, 2.45) is 0 Å². The second-order valence-corrected chi connectivity index (χ2v) is 6.77. The second kappa shape index (κ2) is 5.21. The van der Waals surface area contributed by atoms with E-state index in [9.17, 15) is 13.7 Å². The van der Waals surface area contributed by atoms with Crippen molar-refractivity contribution in [3.63, 3.8) is 0 Å². The molecule has 3 fully saturated rings. The van der Waals surface area contributed by atoms with E-state index in [2.05, 4.69) is 4.90 Å². The third kappa shape index (κ3) is 2.33. The number of likely N-dealkylation sites (tertiary alicyclic amines) is 1. The lowest BCUT2D eigenvalue weighted by atomic mass is 10.0. The van der Waals surface area contributed by atoms with Crippen molar-refractivity contribution in [2.45, 2.75) is 43.7 Å². The lowest BCUT2D eigenvalue weighted by Gasteiger charge is -2.29. The average Bonchev–Trinajstić information content (AvgIpc) is 3.01. The van der Waals surface area contributed by atoms with Crippen molar-refractivity contribution in [3.8, 4) is 0 Å². The smallest absolute Gasteiger partial charge is 0.306 e. The van der Waals surface area contributed by atoms with E-state index >= 15 is 0 Å². The van der Waals surface area contributed by atoms with Gasteiger partial charge in [-0.3, -0.25) is 4.74 Å². The van der Waals surface area contributed by atoms with E-state index in [-0.39, 0.29) is 12.3 Å². The van der Waals surface area contributed by atoms with Gasteiger partial charge in [-0.05, 0) is 31.2 Å². The molecule has 0 aromatic heterocycles. The summed E-state index contributed by atoms with van der Waals surface area (Å²) in [5.74, 6) is -1.23. The van der Waals surface area contributed by atoms with Crippen LogP contribution in [0.25, 0.3) is 0 Å². The third-order valence-corrected chi connectivity index (χ3v) is 5.25. The molecule has 0 N–H and O–H groups in total. The minimum Gasteiger partial charge on any atom is -0.306 e. The standard InChI is InChI=1S/C16H20F2N3O2/c1-19-6-4-16(5-7-19)21(22)20-14(2-3-15(20)23-16)11-8-12(17)10-13(18)9-11/h8-10,14-15H,2-7H2,1H3/q+1. The van der Waals surface area contributed by atoms with Crippen LogP contribution in [0.4, 0.5) is 8.78 Å². The van der Waals surface area contributed by atoms with Gasteiger partial charge in [0.15, 0.2) is 11.1 Å². The summed E-state index contributed by atoms with van der Waals surface area (Å²) >= 11 is 0. The first-order valence-corrected chi connectivity index (χ1v) is 8.06. The molecule has 124 valence electrons. The molecule has 0 saturated carbocycles. The fourth-order valence-electron chi connectivity index (χ4n) is 3.99. The van der Waals surface area contributed by atoms with Crippen molar-refractivity contribution in [1.29, 1.82) is 0 Å². The predicted molar refractivity (Wildman–Crippen MR) is 78.1 cm³/mol. The number of fused-ring (bicyclic) bond motifs is 1. The van der Waals surface area contributed by atoms with Crippen LogP contribution in [0.2, 0.25) is 0 Å². The number of nitrogens with zero attached hydrogens (tertiary/aromatic N) is 3. The van der Waals surface area contributed by atoms with Gasteiger partial charge in [-0.2, -0.15) is 0 Å². The Morgan fingerprint density at radius 1 is 1.17 bits per heavy atom. The molecule has 3 heterocycles. The summed E-state index contributed by atoms with van der Waals surface area (Å²) in [4.78, 5) is 16.1. The lowest BCUT2D eigenvalue weighted by molar-refractivity contribution is -0.765. The molecular formula is C16H20F2N3O2+. The highest BCUT2D eigenvalue weighted by Gasteiger charge is 2.65. The van der Waals surface area contributed by atoms with Crippen LogP contribution in [0.3, 0.4) is 0 Å². The Hall–Kier alpha value is -1.60. The zero-order valence-corrected chi connectivity index (χ0v) is 13.0. The van der Waals surface area contributed by atoms with Crippen molar-refractivity contribution < 1.29 is 18.4 Å². The second-order valence-electron chi connectivity index (χ2n) is 6.77. The van der Waals surface area contributed by atoms with Gasteiger partial charge in [-0.15, -0.1) is 5.01 Å². The Bertz CT molecular complexity index is 626. The Labute approximate surface area is 133 Å². The molecule has 0 bridgehead atoms. The topological polar surface area (TPSA) is 35.8 Å². The van der Waals surface area contributed by atoms with Crippen LogP contribution in [0, 0.1) is 16.5 Å². The predicted octanol–water partition coefficient (Wildman–Crippen LogP) is 2.57. The Balaban J connectivity index is 1.63.